The quantitative estimate of drug-likeness (QED) is 0.268. The maximum atomic E-state index is 14.7. The van der Waals surface area contributed by atoms with Crippen LogP contribution in [0, 0.1) is 24.7 Å². The van der Waals surface area contributed by atoms with Crippen molar-refractivity contribution in [3.8, 4) is 22.5 Å². The van der Waals surface area contributed by atoms with Gasteiger partial charge in [0.1, 0.15) is 5.69 Å². The molecule has 2 saturated carbocycles. The molecular formula is C34H32FN7O. The minimum Gasteiger partial charge on any atom is -0.339 e. The number of aryl methyl sites for hydroxylation is 1. The number of nitrogens with one attached hydrogen (secondary N) is 1. The average molecular weight is 574 g/mol. The number of rotatable bonds is 5. The van der Waals surface area contributed by atoms with Crippen LogP contribution >= 0.6 is 0 Å². The van der Waals surface area contributed by atoms with Crippen LogP contribution in [-0.2, 0) is 6.54 Å². The molecule has 0 spiro atoms. The summed E-state index contributed by atoms with van der Waals surface area (Å²) < 4.78 is 18.9. The SMILES string of the molecule is Cc1c(-c2cc3ccc(-c4cccc5n[nH]c(F)c45)cc3n2CC2CC2)nn2cc(C(=O)N3CC4CCC3[C@@H]4N)ccc12. The summed E-state index contributed by atoms with van der Waals surface area (Å²) in [6.45, 7) is 3.75. The van der Waals surface area contributed by atoms with E-state index in [1.54, 1.807) is 0 Å². The van der Waals surface area contributed by atoms with Gasteiger partial charge in [0.25, 0.3) is 5.91 Å². The number of likely N-dealkylation sites (tertiary alicyclic amines) is 1. The number of aromatic amines is 1. The highest BCUT2D eigenvalue weighted by Crippen LogP contribution is 2.40. The molecule has 2 aromatic carbocycles. The zero-order valence-electron chi connectivity index (χ0n) is 23.9. The molecule has 9 rings (SSSR count). The fourth-order valence-electron chi connectivity index (χ4n) is 7.63. The Labute approximate surface area is 247 Å². The fraction of sp³-hybridized carbons (Fsp3) is 0.324. The molecule has 5 heterocycles. The molecule has 8 nitrogen and oxygen atoms in total. The van der Waals surface area contributed by atoms with Crippen molar-refractivity contribution in [2.45, 2.75) is 51.2 Å². The van der Waals surface area contributed by atoms with Crippen molar-refractivity contribution in [2.75, 3.05) is 6.54 Å². The van der Waals surface area contributed by atoms with Crippen LogP contribution in [0.5, 0.6) is 0 Å². The molecule has 2 unspecified atom stereocenters. The fourth-order valence-corrected chi connectivity index (χ4v) is 7.63. The highest BCUT2D eigenvalue weighted by atomic mass is 19.1. The summed E-state index contributed by atoms with van der Waals surface area (Å²) in [5, 5.41) is 13.3. The van der Waals surface area contributed by atoms with Gasteiger partial charge in [-0.15, -0.1) is 0 Å². The van der Waals surface area contributed by atoms with Gasteiger partial charge in [-0.05, 0) is 85.9 Å². The normalized spacial score (nSPS) is 21.7. The first-order chi connectivity index (χ1) is 20.9. The van der Waals surface area contributed by atoms with Gasteiger partial charge in [-0.25, -0.2) is 4.52 Å². The molecule has 216 valence electrons. The number of carbonyl (C=O) groups excluding carboxylic acids is 1. The van der Waals surface area contributed by atoms with Crippen molar-refractivity contribution in [2.24, 2.45) is 17.6 Å². The van der Waals surface area contributed by atoms with Crippen LogP contribution in [0.25, 0.3) is 49.8 Å². The molecule has 3 atom stereocenters. The van der Waals surface area contributed by atoms with Crippen molar-refractivity contribution < 1.29 is 9.18 Å². The van der Waals surface area contributed by atoms with Crippen LogP contribution < -0.4 is 5.73 Å². The highest BCUT2D eigenvalue weighted by Gasteiger charge is 2.46. The first-order valence-corrected chi connectivity index (χ1v) is 15.3. The van der Waals surface area contributed by atoms with Gasteiger partial charge >= 0.3 is 0 Å². The molecule has 3 N–H and O–H groups in total. The standard InChI is InChI=1S/C34H32FN7O/c1-18-26-11-10-23(34(43)41-16-22-9-12-27(41)31(22)36)17-42(26)39-32(18)29-14-21-8-7-20(13-28(21)40(29)15-19-5-6-19)24-3-2-4-25-30(24)33(35)38-37-25/h2-4,7-8,10-11,13-14,17,19,22,27,31H,5-6,9,12,15-16,36H2,1H3,(H,37,38)/t22?,27?,31-/m1/s1. The number of amides is 1. The third-order valence-electron chi connectivity index (χ3n) is 10.2. The lowest BCUT2D eigenvalue weighted by Gasteiger charge is -2.27. The number of halogens is 1. The maximum absolute atomic E-state index is 14.7. The van der Waals surface area contributed by atoms with Gasteiger partial charge in [0, 0.05) is 47.8 Å². The zero-order valence-corrected chi connectivity index (χ0v) is 23.9. The van der Waals surface area contributed by atoms with Gasteiger partial charge in [-0.1, -0.05) is 24.3 Å². The first-order valence-electron chi connectivity index (χ1n) is 15.3. The van der Waals surface area contributed by atoms with Crippen molar-refractivity contribution in [1.29, 1.82) is 0 Å². The molecule has 1 saturated heterocycles. The average Bonchev–Trinajstić information content (AvgIpc) is 3.24. The number of fused-ring (bicyclic) bond motifs is 5. The van der Waals surface area contributed by atoms with Gasteiger partial charge < -0.3 is 15.2 Å². The summed E-state index contributed by atoms with van der Waals surface area (Å²) in [5.41, 5.74) is 14.5. The molecular weight excluding hydrogens is 541 g/mol. The first kappa shape index (κ1) is 25.0. The summed E-state index contributed by atoms with van der Waals surface area (Å²) >= 11 is 0. The molecule has 0 radical (unpaired) electrons. The third kappa shape index (κ3) is 3.73. The molecule has 43 heavy (non-hydrogen) atoms. The Balaban J connectivity index is 1.15. The molecule has 6 aromatic rings. The minimum absolute atomic E-state index is 0.0405. The van der Waals surface area contributed by atoms with Crippen LogP contribution in [0.3, 0.4) is 0 Å². The number of pyridine rings is 1. The van der Waals surface area contributed by atoms with Crippen LogP contribution in [0.15, 0.2) is 60.8 Å². The molecule has 2 aliphatic carbocycles. The monoisotopic (exact) mass is 573 g/mol. The van der Waals surface area contributed by atoms with E-state index in [-0.39, 0.29) is 18.0 Å². The van der Waals surface area contributed by atoms with E-state index in [1.807, 2.05) is 45.9 Å². The van der Waals surface area contributed by atoms with Crippen LogP contribution in [0.4, 0.5) is 4.39 Å². The lowest BCUT2D eigenvalue weighted by Crippen LogP contribution is -2.41. The minimum atomic E-state index is -0.419. The van der Waals surface area contributed by atoms with Gasteiger partial charge in [0.2, 0.25) is 5.95 Å². The molecule has 4 aromatic heterocycles. The third-order valence-corrected chi connectivity index (χ3v) is 10.2. The van der Waals surface area contributed by atoms with E-state index in [4.69, 9.17) is 10.8 Å². The molecule has 1 amide bonds. The number of aromatic nitrogens is 5. The van der Waals surface area contributed by atoms with E-state index in [0.29, 0.717) is 28.3 Å². The largest absolute Gasteiger partial charge is 0.339 e. The van der Waals surface area contributed by atoms with Gasteiger partial charge in [-0.2, -0.15) is 14.6 Å². The van der Waals surface area contributed by atoms with E-state index in [9.17, 15) is 9.18 Å². The number of nitrogens with zero attached hydrogens (tertiary/aromatic N) is 5. The lowest BCUT2D eigenvalue weighted by atomic mass is 10.0. The van der Waals surface area contributed by atoms with Crippen LogP contribution in [0.2, 0.25) is 0 Å². The summed E-state index contributed by atoms with van der Waals surface area (Å²) in [4.78, 5) is 15.5. The Bertz CT molecular complexity index is 2100. The van der Waals surface area contributed by atoms with Crippen molar-refractivity contribution >= 4 is 33.2 Å². The van der Waals surface area contributed by atoms with Crippen molar-refractivity contribution in [3.05, 3.63) is 77.9 Å². The zero-order chi connectivity index (χ0) is 29.0. The van der Waals surface area contributed by atoms with E-state index in [0.717, 1.165) is 70.4 Å². The Morgan fingerprint density at radius 2 is 1.95 bits per heavy atom. The molecule has 2 bridgehead atoms. The molecule has 3 aliphatic rings. The summed E-state index contributed by atoms with van der Waals surface area (Å²) in [5.74, 6) is 0.671. The van der Waals surface area contributed by atoms with E-state index >= 15 is 0 Å². The number of carbonyl (C=O) groups is 1. The predicted octanol–water partition coefficient (Wildman–Crippen LogP) is 5.92. The number of benzene rings is 2. The van der Waals surface area contributed by atoms with Crippen LogP contribution in [0.1, 0.15) is 41.6 Å². The second-order valence-corrected chi connectivity index (χ2v) is 12.8. The van der Waals surface area contributed by atoms with E-state index in [1.165, 1.54) is 12.8 Å². The number of hydrogen-bond acceptors (Lipinski definition) is 4. The topological polar surface area (TPSA) is 97.2 Å². The lowest BCUT2D eigenvalue weighted by molar-refractivity contribution is 0.0700. The molecule has 3 fully saturated rings. The maximum Gasteiger partial charge on any atom is 0.255 e. The Kier molecular flexibility index (Phi) is 5.24. The summed E-state index contributed by atoms with van der Waals surface area (Å²) in [7, 11) is 0. The smallest absolute Gasteiger partial charge is 0.255 e. The molecule has 9 heteroatoms. The van der Waals surface area contributed by atoms with Crippen molar-refractivity contribution in [1.82, 2.24) is 29.3 Å². The Hall–Kier alpha value is -4.50. The second kappa shape index (κ2) is 9.00. The predicted molar refractivity (Wildman–Crippen MR) is 164 cm³/mol. The van der Waals surface area contributed by atoms with E-state index < -0.39 is 5.95 Å². The summed E-state index contributed by atoms with van der Waals surface area (Å²) in [6, 6.07) is 18.4. The highest BCUT2D eigenvalue weighted by molar-refractivity contribution is 5.98. The second-order valence-electron chi connectivity index (χ2n) is 12.8. The number of H-pyrrole nitrogens is 1. The number of piperidine rings is 1. The van der Waals surface area contributed by atoms with Crippen LogP contribution in [-0.4, -0.2) is 53.8 Å². The number of hydrogen-bond donors (Lipinski definition) is 2. The Morgan fingerprint density at radius 1 is 1.07 bits per heavy atom. The van der Waals surface area contributed by atoms with Gasteiger partial charge in [0.05, 0.1) is 27.7 Å². The van der Waals surface area contributed by atoms with Gasteiger partial charge in [-0.3, -0.25) is 9.89 Å². The molecule has 1 aliphatic heterocycles. The summed E-state index contributed by atoms with van der Waals surface area (Å²) in [6.07, 6.45) is 6.41. The van der Waals surface area contributed by atoms with E-state index in [2.05, 4.69) is 46.0 Å². The number of nitrogens with two attached hydrogens (primary N) is 1. The van der Waals surface area contributed by atoms with Crippen molar-refractivity contribution in [3.63, 3.8) is 0 Å². The van der Waals surface area contributed by atoms with Gasteiger partial charge in [0.15, 0.2) is 0 Å². The Morgan fingerprint density at radius 3 is 2.74 bits per heavy atom.